The van der Waals surface area contributed by atoms with Crippen LogP contribution in [0.25, 0.3) is 11.4 Å². The highest BCUT2D eigenvalue weighted by Gasteiger charge is 2.23. The first-order valence-corrected chi connectivity index (χ1v) is 11.0. The lowest BCUT2D eigenvalue weighted by molar-refractivity contribution is 0.102. The molecular formula is C27H24ClN3O2. The van der Waals surface area contributed by atoms with Gasteiger partial charge in [-0.1, -0.05) is 41.9 Å². The van der Waals surface area contributed by atoms with Gasteiger partial charge in [0.15, 0.2) is 5.43 Å². The number of aromatic nitrogens is 2. The van der Waals surface area contributed by atoms with Gasteiger partial charge in [-0.3, -0.25) is 14.6 Å². The standard InChI is InChI=1S/C27H24ClN3O2/c1-17-7-6-9-22(19(17)3)30-27(33)25-24(32)15-18(2)31(16-20-10-12-21(28)13-11-20)26(25)23-8-4-5-14-29-23/h4-15H,16H2,1-3H3,(H,30,33). The first-order valence-electron chi connectivity index (χ1n) is 10.6. The van der Waals surface area contributed by atoms with Crippen LogP contribution >= 0.6 is 11.6 Å². The minimum absolute atomic E-state index is 0.0640. The number of anilines is 1. The Morgan fingerprint density at radius 3 is 2.45 bits per heavy atom. The Kier molecular flexibility index (Phi) is 6.43. The quantitative estimate of drug-likeness (QED) is 0.412. The second kappa shape index (κ2) is 9.43. The largest absolute Gasteiger partial charge is 0.338 e. The molecule has 4 rings (SSSR count). The third-order valence-corrected chi connectivity index (χ3v) is 6.01. The Balaban J connectivity index is 1.89. The molecule has 6 heteroatoms. The number of hydrogen-bond donors (Lipinski definition) is 1. The molecule has 166 valence electrons. The number of nitrogens with zero attached hydrogens (tertiary/aromatic N) is 2. The molecule has 0 saturated carbocycles. The zero-order valence-corrected chi connectivity index (χ0v) is 19.5. The van der Waals surface area contributed by atoms with Crippen LogP contribution in [0.4, 0.5) is 5.69 Å². The van der Waals surface area contributed by atoms with Crippen molar-refractivity contribution in [2.45, 2.75) is 27.3 Å². The van der Waals surface area contributed by atoms with E-state index in [0.717, 1.165) is 22.4 Å². The maximum absolute atomic E-state index is 13.5. The molecule has 2 heterocycles. The molecule has 0 aliphatic rings. The average molecular weight is 458 g/mol. The summed E-state index contributed by atoms with van der Waals surface area (Å²) in [5, 5.41) is 3.59. The van der Waals surface area contributed by atoms with Crippen LogP contribution in [0.5, 0.6) is 0 Å². The Morgan fingerprint density at radius 1 is 1.00 bits per heavy atom. The van der Waals surface area contributed by atoms with Crippen molar-refractivity contribution in [3.8, 4) is 11.4 Å². The Hall–Kier alpha value is -3.70. The van der Waals surface area contributed by atoms with Crippen LogP contribution in [-0.2, 0) is 6.54 Å². The van der Waals surface area contributed by atoms with E-state index < -0.39 is 5.91 Å². The summed E-state index contributed by atoms with van der Waals surface area (Å²) in [4.78, 5) is 31.1. The lowest BCUT2D eigenvalue weighted by Crippen LogP contribution is -2.27. The molecule has 0 fully saturated rings. The van der Waals surface area contributed by atoms with Gasteiger partial charge in [0, 0.05) is 35.2 Å². The zero-order valence-electron chi connectivity index (χ0n) is 18.7. The number of carbonyl (C=O) groups excluding carboxylic acids is 1. The number of pyridine rings is 2. The number of aryl methyl sites for hydroxylation is 2. The zero-order chi connectivity index (χ0) is 23.5. The first kappa shape index (κ1) is 22.5. The SMILES string of the molecule is Cc1cccc(NC(=O)c2c(-c3ccccn3)n(Cc3ccc(Cl)cc3)c(C)cc2=O)c1C. The molecular weight excluding hydrogens is 434 g/mol. The molecule has 0 unspecified atom stereocenters. The summed E-state index contributed by atoms with van der Waals surface area (Å²) in [6.45, 7) is 6.24. The first-order chi connectivity index (χ1) is 15.8. The van der Waals surface area contributed by atoms with Crippen LogP contribution in [0.3, 0.4) is 0 Å². The fraction of sp³-hybridized carbons (Fsp3) is 0.148. The van der Waals surface area contributed by atoms with E-state index in [-0.39, 0.29) is 11.0 Å². The lowest BCUT2D eigenvalue weighted by atomic mass is 10.0. The summed E-state index contributed by atoms with van der Waals surface area (Å²) in [6.07, 6.45) is 1.65. The molecule has 2 aromatic carbocycles. The predicted molar refractivity (Wildman–Crippen MR) is 133 cm³/mol. The van der Waals surface area contributed by atoms with Crippen molar-refractivity contribution in [2.75, 3.05) is 5.32 Å². The van der Waals surface area contributed by atoms with Gasteiger partial charge in [0.05, 0.1) is 11.4 Å². The van der Waals surface area contributed by atoms with Gasteiger partial charge >= 0.3 is 0 Å². The molecule has 1 amide bonds. The van der Waals surface area contributed by atoms with Gasteiger partial charge in [0.25, 0.3) is 5.91 Å². The number of hydrogen-bond acceptors (Lipinski definition) is 3. The molecule has 5 nitrogen and oxygen atoms in total. The van der Waals surface area contributed by atoms with Gasteiger partial charge in [-0.2, -0.15) is 0 Å². The van der Waals surface area contributed by atoms with E-state index in [1.165, 1.54) is 6.07 Å². The highest BCUT2D eigenvalue weighted by molar-refractivity contribution is 6.30. The minimum Gasteiger partial charge on any atom is -0.338 e. The number of rotatable bonds is 5. The second-order valence-corrected chi connectivity index (χ2v) is 8.44. The van der Waals surface area contributed by atoms with Crippen molar-refractivity contribution in [3.63, 3.8) is 0 Å². The molecule has 0 aliphatic carbocycles. The van der Waals surface area contributed by atoms with Gasteiger partial charge < -0.3 is 9.88 Å². The van der Waals surface area contributed by atoms with Gasteiger partial charge in [-0.25, -0.2) is 0 Å². The van der Waals surface area contributed by atoms with Crippen molar-refractivity contribution in [1.29, 1.82) is 0 Å². The van der Waals surface area contributed by atoms with Crippen LogP contribution in [-0.4, -0.2) is 15.5 Å². The third kappa shape index (κ3) is 4.73. The Labute approximate surface area is 197 Å². The van der Waals surface area contributed by atoms with Gasteiger partial charge in [-0.15, -0.1) is 0 Å². The highest BCUT2D eigenvalue weighted by atomic mass is 35.5. The van der Waals surface area contributed by atoms with Crippen LogP contribution in [0.1, 0.15) is 32.7 Å². The normalized spacial score (nSPS) is 10.8. The summed E-state index contributed by atoms with van der Waals surface area (Å²) in [5.74, 6) is -0.459. The monoisotopic (exact) mass is 457 g/mol. The molecule has 2 aromatic heterocycles. The fourth-order valence-electron chi connectivity index (χ4n) is 3.80. The van der Waals surface area contributed by atoms with E-state index in [1.54, 1.807) is 18.3 Å². The van der Waals surface area contributed by atoms with Gasteiger partial charge in [-0.05, 0) is 67.8 Å². The molecule has 0 bridgehead atoms. The number of halogens is 1. The number of amides is 1. The molecule has 1 N–H and O–H groups in total. The molecule has 0 radical (unpaired) electrons. The van der Waals surface area contributed by atoms with Crippen LogP contribution in [0, 0.1) is 20.8 Å². The minimum atomic E-state index is -0.459. The summed E-state index contributed by atoms with van der Waals surface area (Å²) in [7, 11) is 0. The predicted octanol–water partition coefficient (Wildman–Crippen LogP) is 5.79. The summed E-state index contributed by atoms with van der Waals surface area (Å²) >= 11 is 6.05. The Morgan fingerprint density at radius 2 is 1.76 bits per heavy atom. The van der Waals surface area contributed by atoms with E-state index in [2.05, 4.69) is 10.3 Å². The molecule has 0 atom stereocenters. The number of carbonyl (C=O) groups is 1. The lowest BCUT2D eigenvalue weighted by Gasteiger charge is -2.20. The molecule has 4 aromatic rings. The number of benzene rings is 2. The molecule has 33 heavy (non-hydrogen) atoms. The van der Waals surface area contributed by atoms with Crippen molar-refractivity contribution in [2.24, 2.45) is 0 Å². The van der Waals surface area contributed by atoms with Crippen molar-refractivity contribution < 1.29 is 4.79 Å². The fourth-order valence-corrected chi connectivity index (χ4v) is 3.93. The van der Waals surface area contributed by atoms with E-state index in [0.29, 0.717) is 28.6 Å². The Bertz CT molecular complexity index is 1380. The van der Waals surface area contributed by atoms with Crippen LogP contribution in [0.2, 0.25) is 5.02 Å². The molecule has 0 aliphatic heterocycles. The molecule has 0 spiro atoms. The average Bonchev–Trinajstić information content (AvgIpc) is 2.80. The molecule has 0 saturated heterocycles. The van der Waals surface area contributed by atoms with Crippen molar-refractivity contribution in [1.82, 2.24) is 9.55 Å². The summed E-state index contributed by atoms with van der Waals surface area (Å²) in [5.41, 5.74) is 5.18. The maximum atomic E-state index is 13.5. The summed E-state index contributed by atoms with van der Waals surface area (Å²) in [6, 6.07) is 20.1. The maximum Gasteiger partial charge on any atom is 0.261 e. The van der Waals surface area contributed by atoms with E-state index >= 15 is 0 Å². The van der Waals surface area contributed by atoms with Crippen molar-refractivity contribution in [3.05, 3.63) is 116 Å². The van der Waals surface area contributed by atoms with E-state index in [1.807, 2.05) is 73.9 Å². The van der Waals surface area contributed by atoms with Gasteiger partial charge in [0.2, 0.25) is 0 Å². The smallest absolute Gasteiger partial charge is 0.261 e. The van der Waals surface area contributed by atoms with Crippen molar-refractivity contribution >= 4 is 23.2 Å². The van der Waals surface area contributed by atoms with E-state index in [9.17, 15) is 9.59 Å². The topological polar surface area (TPSA) is 64.0 Å². The highest BCUT2D eigenvalue weighted by Crippen LogP contribution is 2.25. The second-order valence-electron chi connectivity index (χ2n) is 8.00. The number of nitrogens with one attached hydrogen (secondary N) is 1. The van der Waals surface area contributed by atoms with E-state index in [4.69, 9.17) is 11.6 Å². The van der Waals surface area contributed by atoms with Crippen LogP contribution in [0.15, 0.2) is 77.7 Å². The third-order valence-electron chi connectivity index (χ3n) is 5.76. The van der Waals surface area contributed by atoms with Crippen LogP contribution < -0.4 is 10.7 Å². The summed E-state index contributed by atoms with van der Waals surface area (Å²) < 4.78 is 1.95. The van der Waals surface area contributed by atoms with Gasteiger partial charge in [0.1, 0.15) is 5.56 Å².